The van der Waals surface area contributed by atoms with Gasteiger partial charge < -0.3 is 14.6 Å². The van der Waals surface area contributed by atoms with E-state index < -0.39 is 5.97 Å². The number of methoxy groups -OCH3 is 1. The van der Waals surface area contributed by atoms with Crippen LogP contribution < -0.4 is 4.74 Å². The summed E-state index contributed by atoms with van der Waals surface area (Å²) in [4.78, 5) is 11.9. The summed E-state index contributed by atoms with van der Waals surface area (Å²) < 4.78 is 10.7. The number of carbonyl (C=O) groups is 1. The molecule has 1 fully saturated rings. The van der Waals surface area contributed by atoms with Crippen molar-refractivity contribution >= 4 is 17.7 Å². The van der Waals surface area contributed by atoms with Crippen molar-refractivity contribution in [2.75, 3.05) is 19.5 Å². The first-order valence-corrected chi connectivity index (χ1v) is 6.85. The molecular formula is C13H16O4S. The fourth-order valence-electron chi connectivity index (χ4n) is 1.88. The molecule has 1 aromatic rings. The number of carboxylic acid groups (broad SMARTS) is 1. The second-order valence-electron chi connectivity index (χ2n) is 4.11. The average Bonchev–Trinajstić information content (AvgIpc) is 2.88. The summed E-state index contributed by atoms with van der Waals surface area (Å²) in [5.74, 6) is 0.551. The van der Waals surface area contributed by atoms with Crippen LogP contribution in [0, 0.1) is 0 Å². The molecule has 5 heteroatoms. The maximum atomic E-state index is 11.1. The van der Waals surface area contributed by atoms with E-state index in [9.17, 15) is 4.79 Å². The minimum atomic E-state index is -0.910. The summed E-state index contributed by atoms with van der Waals surface area (Å²) in [6.07, 6.45) is 2.39. The first kappa shape index (κ1) is 13.2. The van der Waals surface area contributed by atoms with Gasteiger partial charge in [0, 0.05) is 17.3 Å². The molecule has 0 aromatic heterocycles. The average molecular weight is 268 g/mol. The van der Waals surface area contributed by atoms with Gasteiger partial charge in [-0.05, 0) is 31.0 Å². The van der Waals surface area contributed by atoms with Crippen molar-refractivity contribution in [2.24, 2.45) is 0 Å². The lowest BCUT2D eigenvalue weighted by Gasteiger charge is -2.11. The molecule has 0 saturated carbocycles. The normalized spacial score (nSPS) is 18.8. The molecule has 1 aromatic carbocycles. The van der Waals surface area contributed by atoms with Gasteiger partial charge in [-0.25, -0.2) is 4.79 Å². The Kier molecular flexibility index (Phi) is 4.49. The van der Waals surface area contributed by atoms with Gasteiger partial charge in [-0.15, -0.1) is 11.8 Å². The lowest BCUT2D eigenvalue weighted by molar-refractivity contribution is 0.0693. The van der Waals surface area contributed by atoms with Gasteiger partial charge in [0.1, 0.15) is 5.75 Å². The predicted octanol–water partition coefficient (Wildman–Crippen LogP) is 2.66. The van der Waals surface area contributed by atoms with Crippen molar-refractivity contribution in [1.29, 1.82) is 0 Å². The molecule has 0 amide bonds. The van der Waals surface area contributed by atoms with E-state index in [4.69, 9.17) is 14.6 Å². The van der Waals surface area contributed by atoms with E-state index in [1.165, 1.54) is 11.8 Å². The Morgan fingerprint density at radius 1 is 1.61 bits per heavy atom. The van der Waals surface area contributed by atoms with Crippen LogP contribution in [-0.4, -0.2) is 36.6 Å². The third kappa shape index (κ3) is 3.17. The monoisotopic (exact) mass is 268 g/mol. The molecule has 18 heavy (non-hydrogen) atoms. The van der Waals surface area contributed by atoms with Crippen LogP contribution in [0.5, 0.6) is 5.75 Å². The summed E-state index contributed by atoms with van der Waals surface area (Å²) >= 11 is 1.52. The zero-order valence-electron chi connectivity index (χ0n) is 10.2. The number of aromatic carboxylic acids is 1. The topological polar surface area (TPSA) is 55.8 Å². The van der Waals surface area contributed by atoms with Crippen LogP contribution in [0.4, 0.5) is 0 Å². The summed E-state index contributed by atoms with van der Waals surface area (Å²) in [7, 11) is 1.57. The first-order valence-electron chi connectivity index (χ1n) is 5.86. The van der Waals surface area contributed by atoms with E-state index >= 15 is 0 Å². The Bertz CT molecular complexity index is 427. The fraction of sp³-hybridized carbons (Fsp3) is 0.462. The van der Waals surface area contributed by atoms with E-state index in [0.29, 0.717) is 11.3 Å². The van der Waals surface area contributed by atoms with Crippen LogP contribution in [0.15, 0.2) is 23.1 Å². The Hall–Kier alpha value is -1.20. The Labute approximate surface area is 110 Å². The van der Waals surface area contributed by atoms with Gasteiger partial charge in [0.25, 0.3) is 0 Å². The van der Waals surface area contributed by atoms with Crippen molar-refractivity contribution in [3.8, 4) is 5.75 Å². The number of carboxylic acids is 1. The van der Waals surface area contributed by atoms with Crippen LogP contribution >= 0.6 is 11.8 Å². The molecule has 1 unspecified atom stereocenters. The quantitative estimate of drug-likeness (QED) is 0.832. The van der Waals surface area contributed by atoms with Crippen LogP contribution in [-0.2, 0) is 4.74 Å². The van der Waals surface area contributed by atoms with Gasteiger partial charge >= 0.3 is 5.97 Å². The highest BCUT2D eigenvalue weighted by molar-refractivity contribution is 7.99. The number of thioether (sulfide) groups is 1. The van der Waals surface area contributed by atoms with E-state index in [-0.39, 0.29) is 6.10 Å². The number of hydrogen-bond acceptors (Lipinski definition) is 4. The van der Waals surface area contributed by atoms with Gasteiger partial charge in [-0.3, -0.25) is 0 Å². The predicted molar refractivity (Wildman–Crippen MR) is 69.7 cm³/mol. The Morgan fingerprint density at radius 3 is 3.06 bits per heavy atom. The lowest BCUT2D eigenvalue weighted by atomic mass is 10.2. The highest BCUT2D eigenvalue weighted by Gasteiger charge is 2.18. The smallest absolute Gasteiger partial charge is 0.336 e. The summed E-state index contributed by atoms with van der Waals surface area (Å²) in [6, 6.07) is 5.02. The van der Waals surface area contributed by atoms with E-state index in [2.05, 4.69) is 0 Å². The van der Waals surface area contributed by atoms with Gasteiger partial charge in [0.2, 0.25) is 0 Å². The van der Waals surface area contributed by atoms with Gasteiger partial charge in [-0.2, -0.15) is 0 Å². The standard InChI is InChI=1S/C13H16O4S/c1-16-9-4-5-11(13(14)15)12(7-9)18-8-10-3-2-6-17-10/h4-5,7,10H,2-3,6,8H2,1H3,(H,14,15). The number of ether oxygens (including phenoxy) is 2. The minimum Gasteiger partial charge on any atom is -0.497 e. The molecule has 1 heterocycles. The summed E-state index contributed by atoms with van der Waals surface area (Å²) in [6.45, 7) is 0.815. The molecule has 1 saturated heterocycles. The molecule has 0 aliphatic carbocycles. The Morgan fingerprint density at radius 2 is 2.44 bits per heavy atom. The maximum absolute atomic E-state index is 11.1. The highest BCUT2D eigenvalue weighted by Crippen LogP contribution is 2.30. The molecular weight excluding hydrogens is 252 g/mol. The number of rotatable bonds is 5. The minimum absolute atomic E-state index is 0.239. The number of hydrogen-bond donors (Lipinski definition) is 1. The zero-order valence-corrected chi connectivity index (χ0v) is 11.0. The van der Waals surface area contributed by atoms with Crippen molar-refractivity contribution in [3.05, 3.63) is 23.8 Å². The van der Waals surface area contributed by atoms with Crippen LogP contribution in [0.25, 0.3) is 0 Å². The van der Waals surface area contributed by atoms with Gasteiger partial charge in [-0.1, -0.05) is 0 Å². The van der Waals surface area contributed by atoms with Gasteiger partial charge in [0.15, 0.2) is 0 Å². The van der Waals surface area contributed by atoms with Crippen molar-refractivity contribution in [3.63, 3.8) is 0 Å². The second-order valence-corrected chi connectivity index (χ2v) is 5.18. The lowest BCUT2D eigenvalue weighted by Crippen LogP contribution is -2.08. The van der Waals surface area contributed by atoms with Crippen molar-refractivity contribution < 1.29 is 19.4 Å². The highest BCUT2D eigenvalue weighted by atomic mass is 32.2. The van der Waals surface area contributed by atoms with Crippen molar-refractivity contribution in [1.82, 2.24) is 0 Å². The SMILES string of the molecule is COc1ccc(C(=O)O)c(SCC2CCCO2)c1. The molecule has 1 N–H and O–H groups in total. The molecule has 98 valence electrons. The number of benzene rings is 1. The molecule has 0 bridgehead atoms. The van der Waals surface area contributed by atoms with Crippen molar-refractivity contribution in [2.45, 2.75) is 23.8 Å². The molecule has 1 aliphatic rings. The van der Waals surface area contributed by atoms with E-state index in [0.717, 1.165) is 30.1 Å². The Balaban J connectivity index is 2.10. The summed E-state index contributed by atoms with van der Waals surface area (Å²) in [5.41, 5.74) is 0.318. The van der Waals surface area contributed by atoms with E-state index in [1.807, 2.05) is 0 Å². The van der Waals surface area contributed by atoms with Crippen LogP contribution in [0.3, 0.4) is 0 Å². The van der Waals surface area contributed by atoms with E-state index in [1.54, 1.807) is 25.3 Å². The van der Waals surface area contributed by atoms with Crippen LogP contribution in [0.1, 0.15) is 23.2 Å². The van der Waals surface area contributed by atoms with Crippen LogP contribution in [0.2, 0.25) is 0 Å². The first-order chi connectivity index (χ1) is 8.70. The molecule has 1 aliphatic heterocycles. The molecule has 2 rings (SSSR count). The van der Waals surface area contributed by atoms with Gasteiger partial charge in [0.05, 0.1) is 18.8 Å². The summed E-state index contributed by atoms with van der Waals surface area (Å²) in [5, 5.41) is 9.14. The third-order valence-corrected chi connectivity index (χ3v) is 4.06. The molecule has 0 radical (unpaired) electrons. The molecule has 1 atom stereocenters. The zero-order chi connectivity index (χ0) is 13.0. The third-order valence-electron chi connectivity index (χ3n) is 2.87. The largest absolute Gasteiger partial charge is 0.497 e. The second kappa shape index (κ2) is 6.11. The maximum Gasteiger partial charge on any atom is 0.336 e. The molecule has 0 spiro atoms. The molecule has 4 nitrogen and oxygen atoms in total. The fourth-order valence-corrected chi connectivity index (χ4v) is 3.02.